The molecule has 0 amide bonds. The highest BCUT2D eigenvalue weighted by atomic mass is 16.4. The smallest absolute Gasteiger partial charge is 0.339 e. The van der Waals surface area contributed by atoms with Crippen LogP contribution in [-0.2, 0) is 0 Å². The molecule has 5 heteroatoms. The van der Waals surface area contributed by atoms with Gasteiger partial charge in [-0.15, -0.1) is 0 Å². The van der Waals surface area contributed by atoms with Crippen molar-refractivity contribution in [1.82, 2.24) is 9.88 Å². The van der Waals surface area contributed by atoms with E-state index in [-0.39, 0.29) is 5.56 Å². The third kappa shape index (κ3) is 4.00. The number of likely N-dealkylation sites (N-methyl/N-ethyl adjacent to an activating group) is 1. The molecule has 0 aliphatic heterocycles. The Morgan fingerprint density at radius 1 is 1.33 bits per heavy atom. The minimum Gasteiger partial charge on any atom is -0.478 e. The molecule has 0 aliphatic rings. The maximum atomic E-state index is 11.2. The molecule has 1 aromatic rings. The monoisotopic (exact) mass is 251 g/mol. The van der Waals surface area contributed by atoms with E-state index in [4.69, 9.17) is 0 Å². The van der Waals surface area contributed by atoms with Gasteiger partial charge in [0.2, 0.25) is 0 Å². The van der Waals surface area contributed by atoms with Crippen LogP contribution in [0.4, 0.5) is 5.82 Å². The number of carboxylic acid groups (broad SMARTS) is 1. The molecule has 0 atom stereocenters. The molecule has 0 spiro atoms. The van der Waals surface area contributed by atoms with Gasteiger partial charge in [-0.2, -0.15) is 0 Å². The SMILES string of the molecule is CCCN(CCN(C)C)c1ncccc1C(=O)O. The van der Waals surface area contributed by atoms with Crippen LogP contribution in [0.2, 0.25) is 0 Å². The predicted molar refractivity (Wildman–Crippen MR) is 72.3 cm³/mol. The number of carboxylic acids is 1. The summed E-state index contributed by atoms with van der Waals surface area (Å²) in [6, 6.07) is 3.26. The molecule has 0 saturated heterocycles. The normalized spacial score (nSPS) is 10.7. The van der Waals surface area contributed by atoms with Crippen LogP contribution in [0.5, 0.6) is 0 Å². The van der Waals surface area contributed by atoms with Crippen molar-refractivity contribution < 1.29 is 9.90 Å². The van der Waals surface area contributed by atoms with Gasteiger partial charge in [-0.05, 0) is 32.6 Å². The third-order valence-electron chi connectivity index (χ3n) is 2.63. The van der Waals surface area contributed by atoms with Gasteiger partial charge in [0.05, 0.1) is 0 Å². The Kier molecular flexibility index (Phi) is 5.58. The molecule has 0 unspecified atom stereocenters. The number of carbonyl (C=O) groups is 1. The second kappa shape index (κ2) is 6.96. The Balaban J connectivity index is 2.93. The number of nitrogens with zero attached hydrogens (tertiary/aromatic N) is 3. The number of rotatable bonds is 7. The molecular formula is C13H21N3O2. The molecule has 0 bridgehead atoms. The summed E-state index contributed by atoms with van der Waals surface area (Å²) in [5.74, 6) is -0.363. The Bertz CT molecular complexity index is 394. The van der Waals surface area contributed by atoms with Crippen LogP contribution in [0.3, 0.4) is 0 Å². The molecule has 100 valence electrons. The lowest BCUT2D eigenvalue weighted by molar-refractivity contribution is 0.0697. The van der Waals surface area contributed by atoms with E-state index in [1.54, 1.807) is 18.3 Å². The van der Waals surface area contributed by atoms with Gasteiger partial charge < -0.3 is 14.9 Å². The van der Waals surface area contributed by atoms with Gasteiger partial charge in [-0.1, -0.05) is 6.92 Å². The molecule has 1 heterocycles. The van der Waals surface area contributed by atoms with Gasteiger partial charge in [0.15, 0.2) is 0 Å². The highest BCUT2D eigenvalue weighted by Crippen LogP contribution is 2.17. The lowest BCUT2D eigenvalue weighted by Gasteiger charge is -2.25. The summed E-state index contributed by atoms with van der Waals surface area (Å²) in [4.78, 5) is 19.5. The van der Waals surface area contributed by atoms with Crippen molar-refractivity contribution in [3.8, 4) is 0 Å². The summed E-state index contributed by atoms with van der Waals surface area (Å²) in [7, 11) is 4.00. The number of hydrogen-bond donors (Lipinski definition) is 1. The number of aromatic nitrogens is 1. The average Bonchev–Trinajstić information content (AvgIpc) is 2.34. The summed E-state index contributed by atoms with van der Waals surface area (Å²) >= 11 is 0. The van der Waals surface area contributed by atoms with Crippen LogP contribution in [0.25, 0.3) is 0 Å². The zero-order chi connectivity index (χ0) is 13.5. The van der Waals surface area contributed by atoms with Crippen LogP contribution in [0, 0.1) is 0 Å². The number of anilines is 1. The van der Waals surface area contributed by atoms with Crippen molar-refractivity contribution in [2.75, 3.05) is 38.6 Å². The summed E-state index contributed by atoms with van der Waals surface area (Å²) < 4.78 is 0. The van der Waals surface area contributed by atoms with Gasteiger partial charge in [0.25, 0.3) is 0 Å². The number of pyridine rings is 1. The van der Waals surface area contributed by atoms with Gasteiger partial charge in [0.1, 0.15) is 11.4 Å². The zero-order valence-corrected chi connectivity index (χ0v) is 11.3. The van der Waals surface area contributed by atoms with Gasteiger partial charge in [0, 0.05) is 25.8 Å². The van der Waals surface area contributed by atoms with E-state index >= 15 is 0 Å². The van der Waals surface area contributed by atoms with Crippen LogP contribution >= 0.6 is 0 Å². The van der Waals surface area contributed by atoms with Crippen molar-refractivity contribution in [3.63, 3.8) is 0 Å². The maximum absolute atomic E-state index is 11.2. The Morgan fingerprint density at radius 3 is 2.61 bits per heavy atom. The lowest BCUT2D eigenvalue weighted by Crippen LogP contribution is -2.34. The minimum absolute atomic E-state index is 0.268. The van der Waals surface area contributed by atoms with Crippen molar-refractivity contribution in [1.29, 1.82) is 0 Å². The summed E-state index contributed by atoms with van der Waals surface area (Å²) in [5, 5.41) is 9.18. The standard InChI is InChI=1S/C13H21N3O2/c1-4-8-16(10-9-15(2)3)12-11(13(17)18)6-5-7-14-12/h5-7H,4,8-10H2,1-3H3,(H,17,18). The van der Waals surface area contributed by atoms with Crippen LogP contribution in [0.15, 0.2) is 18.3 Å². The molecule has 0 fully saturated rings. The first-order valence-electron chi connectivity index (χ1n) is 6.14. The number of aromatic carboxylic acids is 1. The number of hydrogen-bond acceptors (Lipinski definition) is 4. The first-order chi connectivity index (χ1) is 8.56. The summed E-state index contributed by atoms with van der Waals surface area (Å²) in [5.41, 5.74) is 0.268. The Hall–Kier alpha value is -1.62. The topological polar surface area (TPSA) is 56.7 Å². The maximum Gasteiger partial charge on any atom is 0.339 e. The first-order valence-corrected chi connectivity index (χ1v) is 6.14. The van der Waals surface area contributed by atoms with Crippen molar-refractivity contribution in [2.24, 2.45) is 0 Å². The Morgan fingerprint density at radius 2 is 2.06 bits per heavy atom. The van der Waals surface area contributed by atoms with Crippen LogP contribution in [-0.4, -0.2) is 54.7 Å². The highest BCUT2D eigenvalue weighted by molar-refractivity contribution is 5.93. The van der Waals surface area contributed by atoms with Gasteiger partial charge in [-0.3, -0.25) is 0 Å². The summed E-state index contributed by atoms with van der Waals surface area (Å²) in [6.07, 6.45) is 2.60. The highest BCUT2D eigenvalue weighted by Gasteiger charge is 2.16. The van der Waals surface area contributed by atoms with E-state index in [9.17, 15) is 9.90 Å². The molecule has 0 saturated carbocycles. The average molecular weight is 251 g/mol. The van der Waals surface area contributed by atoms with E-state index in [0.29, 0.717) is 5.82 Å². The van der Waals surface area contributed by atoms with Crippen LogP contribution < -0.4 is 4.90 Å². The molecule has 0 aromatic carbocycles. The van der Waals surface area contributed by atoms with E-state index in [1.807, 2.05) is 19.0 Å². The lowest BCUT2D eigenvalue weighted by atomic mass is 10.2. The van der Waals surface area contributed by atoms with E-state index in [0.717, 1.165) is 26.1 Å². The fourth-order valence-electron chi connectivity index (χ4n) is 1.73. The largest absolute Gasteiger partial charge is 0.478 e. The molecule has 0 aliphatic carbocycles. The molecule has 5 nitrogen and oxygen atoms in total. The van der Waals surface area contributed by atoms with Crippen molar-refractivity contribution >= 4 is 11.8 Å². The molecule has 1 N–H and O–H groups in total. The summed E-state index contributed by atoms with van der Waals surface area (Å²) in [6.45, 7) is 4.53. The second-order valence-electron chi connectivity index (χ2n) is 4.47. The molecule has 18 heavy (non-hydrogen) atoms. The van der Waals surface area contributed by atoms with Gasteiger partial charge >= 0.3 is 5.97 Å². The molecular weight excluding hydrogens is 230 g/mol. The van der Waals surface area contributed by atoms with E-state index in [2.05, 4.69) is 16.8 Å². The second-order valence-corrected chi connectivity index (χ2v) is 4.47. The zero-order valence-electron chi connectivity index (χ0n) is 11.3. The first kappa shape index (κ1) is 14.4. The predicted octanol–water partition coefficient (Wildman–Crippen LogP) is 1.56. The quantitative estimate of drug-likeness (QED) is 0.797. The van der Waals surface area contributed by atoms with E-state index in [1.165, 1.54) is 0 Å². The fraction of sp³-hybridized carbons (Fsp3) is 0.538. The molecule has 0 radical (unpaired) electrons. The van der Waals surface area contributed by atoms with Crippen LogP contribution in [0.1, 0.15) is 23.7 Å². The fourth-order valence-corrected chi connectivity index (χ4v) is 1.73. The van der Waals surface area contributed by atoms with E-state index < -0.39 is 5.97 Å². The van der Waals surface area contributed by atoms with Crippen molar-refractivity contribution in [2.45, 2.75) is 13.3 Å². The Labute approximate surface area is 108 Å². The van der Waals surface area contributed by atoms with Gasteiger partial charge in [-0.25, -0.2) is 9.78 Å². The van der Waals surface area contributed by atoms with Crippen molar-refractivity contribution in [3.05, 3.63) is 23.9 Å². The molecule has 1 aromatic heterocycles. The minimum atomic E-state index is -0.927. The molecule has 1 rings (SSSR count). The third-order valence-corrected chi connectivity index (χ3v) is 2.63.